The van der Waals surface area contributed by atoms with Crippen molar-refractivity contribution in [2.24, 2.45) is 11.7 Å². The van der Waals surface area contributed by atoms with E-state index in [0.29, 0.717) is 32.0 Å². The Morgan fingerprint density at radius 2 is 2.00 bits per heavy atom. The van der Waals surface area contributed by atoms with Crippen LogP contribution in [-0.2, 0) is 14.3 Å². The first kappa shape index (κ1) is 13.3. The molecular formula is C12H20N2O4. The van der Waals surface area contributed by atoms with Gasteiger partial charge in [-0.3, -0.25) is 9.59 Å². The summed E-state index contributed by atoms with van der Waals surface area (Å²) >= 11 is 0. The molecule has 102 valence electrons. The third kappa shape index (κ3) is 3.20. The average Bonchev–Trinajstić information content (AvgIpc) is 3.12. The Morgan fingerprint density at radius 1 is 1.39 bits per heavy atom. The van der Waals surface area contributed by atoms with Crippen molar-refractivity contribution < 1.29 is 19.4 Å². The number of ether oxygens (including phenoxy) is 1. The molecule has 1 saturated heterocycles. The van der Waals surface area contributed by atoms with Gasteiger partial charge in [0.2, 0.25) is 5.91 Å². The molecule has 6 nitrogen and oxygen atoms in total. The minimum Gasteiger partial charge on any atom is -0.481 e. The number of amides is 1. The van der Waals surface area contributed by atoms with E-state index in [4.69, 9.17) is 15.6 Å². The highest BCUT2D eigenvalue weighted by molar-refractivity contribution is 5.87. The van der Waals surface area contributed by atoms with E-state index in [2.05, 4.69) is 5.32 Å². The lowest BCUT2D eigenvalue weighted by molar-refractivity contribution is -0.138. The van der Waals surface area contributed by atoms with E-state index in [0.717, 1.165) is 12.8 Å². The fourth-order valence-electron chi connectivity index (χ4n) is 2.30. The molecule has 1 amide bonds. The van der Waals surface area contributed by atoms with Crippen molar-refractivity contribution in [2.75, 3.05) is 13.2 Å². The topological polar surface area (TPSA) is 102 Å². The van der Waals surface area contributed by atoms with Crippen LogP contribution in [0.2, 0.25) is 0 Å². The lowest BCUT2D eigenvalue weighted by Gasteiger charge is -2.33. The molecule has 0 aromatic heterocycles. The third-order valence-corrected chi connectivity index (χ3v) is 3.74. The Morgan fingerprint density at radius 3 is 2.50 bits per heavy atom. The van der Waals surface area contributed by atoms with Crippen molar-refractivity contribution in [1.82, 2.24) is 5.32 Å². The molecule has 1 aliphatic heterocycles. The Hall–Kier alpha value is -1.14. The first-order chi connectivity index (χ1) is 8.51. The van der Waals surface area contributed by atoms with Crippen molar-refractivity contribution >= 4 is 11.9 Å². The molecule has 1 aliphatic carbocycles. The van der Waals surface area contributed by atoms with E-state index < -0.39 is 11.5 Å². The van der Waals surface area contributed by atoms with Gasteiger partial charge in [-0.15, -0.1) is 0 Å². The Kier molecular flexibility index (Phi) is 3.87. The molecule has 2 aliphatic rings. The van der Waals surface area contributed by atoms with E-state index in [1.807, 2.05) is 0 Å². The van der Waals surface area contributed by atoms with Crippen LogP contribution < -0.4 is 11.1 Å². The lowest BCUT2D eigenvalue weighted by atomic mass is 9.89. The molecule has 4 N–H and O–H groups in total. The van der Waals surface area contributed by atoms with E-state index in [9.17, 15) is 9.59 Å². The van der Waals surface area contributed by atoms with Gasteiger partial charge in [-0.25, -0.2) is 0 Å². The predicted octanol–water partition coefficient (Wildman–Crippen LogP) is -0.136. The van der Waals surface area contributed by atoms with Gasteiger partial charge in [0, 0.05) is 19.3 Å². The molecule has 0 bridgehead atoms. The highest BCUT2D eigenvalue weighted by Gasteiger charge is 2.40. The van der Waals surface area contributed by atoms with Gasteiger partial charge < -0.3 is 20.9 Å². The Labute approximate surface area is 106 Å². The fraction of sp³-hybridized carbons (Fsp3) is 0.833. The van der Waals surface area contributed by atoms with Gasteiger partial charge >= 0.3 is 5.97 Å². The molecule has 1 saturated carbocycles. The summed E-state index contributed by atoms with van der Waals surface area (Å²) in [6.45, 7) is 0.966. The van der Waals surface area contributed by atoms with Gasteiger partial charge in [0.05, 0.1) is 12.0 Å². The molecule has 0 aromatic carbocycles. The van der Waals surface area contributed by atoms with E-state index >= 15 is 0 Å². The highest BCUT2D eigenvalue weighted by Crippen LogP contribution is 2.34. The van der Waals surface area contributed by atoms with Gasteiger partial charge in [0.1, 0.15) is 0 Å². The van der Waals surface area contributed by atoms with Crippen molar-refractivity contribution in [3.05, 3.63) is 0 Å². The summed E-state index contributed by atoms with van der Waals surface area (Å²) in [6, 6.07) is -0.279. The van der Waals surface area contributed by atoms with Crippen molar-refractivity contribution in [2.45, 2.75) is 43.7 Å². The maximum absolute atomic E-state index is 12.2. The number of carboxylic acids is 1. The van der Waals surface area contributed by atoms with E-state index in [1.54, 1.807) is 0 Å². The van der Waals surface area contributed by atoms with Crippen LogP contribution in [-0.4, -0.2) is 41.8 Å². The van der Waals surface area contributed by atoms with Gasteiger partial charge in [0.15, 0.2) is 0 Å². The number of carbonyl (C=O) groups is 2. The van der Waals surface area contributed by atoms with Crippen LogP contribution in [0.15, 0.2) is 0 Å². The zero-order valence-corrected chi connectivity index (χ0v) is 10.4. The fourth-order valence-corrected chi connectivity index (χ4v) is 2.30. The molecule has 0 radical (unpaired) electrons. The number of rotatable bonds is 5. The van der Waals surface area contributed by atoms with Crippen LogP contribution in [0.4, 0.5) is 0 Å². The Bertz CT molecular complexity index is 335. The molecule has 2 fully saturated rings. The SMILES string of the molecule is NC1(C(=O)NC(CC(=O)O)C2CC2)CCOCC1. The second-order valence-corrected chi connectivity index (χ2v) is 5.28. The van der Waals surface area contributed by atoms with Crippen LogP contribution in [0.1, 0.15) is 32.1 Å². The molecule has 6 heteroatoms. The number of nitrogens with two attached hydrogens (primary N) is 1. The third-order valence-electron chi connectivity index (χ3n) is 3.74. The number of hydrogen-bond acceptors (Lipinski definition) is 4. The quantitative estimate of drug-likeness (QED) is 0.635. The number of nitrogens with one attached hydrogen (secondary N) is 1. The van der Waals surface area contributed by atoms with Crippen LogP contribution in [0.3, 0.4) is 0 Å². The normalized spacial score (nSPS) is 24.3. The van der Waals surface area contributed by atoms with Crippen molar-refractivity contribution in [1.29, 1.82) is 0 Å². The van der Waals surface area contributed by atoms with Gasteiger partial charge in [-0.1, -0.05) is 0 Å². The first-order valence-electron chi connectivity index (χ1n) is 6.41. The monoisotopic (exact) mass is 256 g/mol. The average molecular weight is 256 g/mol. The number of aliphatic carboxylic acids is 1. The van der Waals surface area contributed by atoms with Crippen molar-refractivity contribution in [3.63, 3.8) is 0 Å². The minimum atomic E-state index is -0.899. The summed E-state index contributed by atoms with van der Waals surface area (Å²) in [7, 11) is 0. The lowest BCUT2D eigenvalue weighted by Crippen LogP contribution is -2.59. The molecule has 0 spiro atoms. The van der Waals surface area contributed by atoms with Crippen LogP contribution in [0, 0.1) is 5.92 Å². The number of hydrogen-bond donors (Lipinski definition) is 3. The summed E-state index contributed by atoms with van der Waals surface area (Å²) in [5.74, 6) is -0.817. The van der Waals surface area contributed by atoms with Crippen LogP contribution in [0.25, 0.3) is 0 Å². The predicted molar refractivity (Wildman–Crippen MR) is 63.9 cm³/mol. The smallest absolute Gasteiger partial charge is 0.305 e. The summed E-state index contributed by atoms with van der Waals surface area (Å²) in [5, 5.41) is 11.7. The maximum Gasteiger partial charge on any atom is 0.305 e. The second-order valence-electron chi connectivity index (χ2n) is 5.28. The maximum atomic E-state index is 12.2. The minimum absolute atomic E-state index is 0.0248. The molecule has 1 heterocycles. The first-order valence-corrected chi connectivity index (χ1v) is 6.41. The zero-order valence-electron chi connectivity index (χ0n) is 10.4. The van der Waals surface area contributed by atoms with Crippen molar-refractivity contribution in [3.8, 4) is 0 Å². The standard InChI is InChI=1S/C12H20N2O4/c13-12(3-5-18-6-4-12)11(17)14-9(7-10(15)16)8-1-2-8/h8-9H,1-7,13H2,(H,14,17)(H,15,16). The zero-order chi connectivity index (χ0) is 13.2. The van der Waals surface area contributed by atoms with Crippen LogP contribution >= 0.6 is 0 Å². The molecule has 2 rings (SSSR count). The second kappa shape index (κ2) is 5.24. The molecule has 1 atom stereocenters. The van der Waals surface area contributed by atoms with Gasteiger partial charge in [-0.05, 0) is 31.6 Å². The number of carboxylic acid groups (broad SMARTS) is 1. The van der Waals surface area contributed by atoms with Gasteiger partial charge in [-0.2, -0.15) is 0 Å². The highest BCUT2D eigenvalue weighted by atomic mass is 16.5. The molecule has 0 aromatic rings. The molecular weight excluding hydrogens is 236 g/mol. The summed E-state index contributed by atoms with van der Waals surface area (Å²) in [6.07, 6.45) is 2.92. The summed E-state index contributed by atoms with van der Waals surface area (Å²) < 4.78 is 5.19. The van der Waals surface area contributed by atoms with Gasteiger partial charge in [0.25, 0.3) is 0 Å². The largest absolute Gasteiger partial charge is 0.481 e. The van der Waals surface area contributed by atoms with E-state index in [1.165, 1.54) is 0 Å². The molecule has 1 unspecified atom stereocenters. The summed E-state index contributed by atoms with van der Waals surface area (Å²) in [5.41, 5.74) is 5.16. The number of carbonyl (C=O) groups excluding carboxylic acids is 1. The van der Waals surface area contributed by atoms with Crippen LogP contribution in [0.5, 0.6) is 0 Å². The molecule has 18 heavy (non-hydrogen) atoms. The van der Waals surface area contributed by atoms with E-state index in [-0.39, 0.29) is 18.4 Å². The Balaban J connectivity index is 1.93. The summed E-state index contributed by atoms with van der Waals surface area (Å²) in [4.78, 5) is 22.9.